The molecule has 0 aliphatic heterocycles. The van der Waals surface area contributed by atoms with E-state index in [-0.39, 0.29) is 43.6 Å². The third-order valence-electron chi connectivity index (χ3n) is 6.16. The van der Waals surface area contributed by atoms with Crippen LogP contribution in [0.1, 0.15) is 49.7 Å². The number of nitrogens with one attached hydrogen (secondary N) is 1. The molecule has 2 saturated carbocycles. The Bertz CT molecular complexity index is 968. The lowest BCUT2D eigenvalue weighted by Gasteiger charge is -2.36. The number of benzene rings is 1. The largest absolute Gasteiger partial charge is 0.416 e. The summed E-state index contributed by atoms with van der Waals surface area (Å²) in [6.45, 7) is 0.0218. The molecule has 180 valence electrons. The fraction of sp³-hybridized carbons (Fsp3) is 0.545. The van der Waals surface area contributed by atoms with E-state index in [1.54, 1.807) is 4.90 Å². The van der Waals surface area contributed by atoms with Gasteiger partial charge in [-0.1, -0.05) is 12.1 Å². The number of anilines is 2. The molecular weight excluding hydrogens is 450 g/mol. The van der Waals surface area contributed by atoms with Gasteiger partial charge in [0.15, 0.2) is 11.6 Å². The Labute approximate surface area is 186 Å². The van der Waals surface area contributed by atoms with Crippen molar-refractivity contribution in [2.75, 3.05) is 16.8 Å². The van der Waals surface area contributed by atoms with Crippen LogP contribution in [0.3, 0.4) is 0 Å². The van der Waals surface area contributed by atoms with E-state index < -0.39 is 41.9 Å². The molecule has 33 heavy (non-hydrogen) atoms. The van der Waals surface area contributed by atoms with Crippen molar-refractivity contribution in [1.82, 2.24) is 9.97 Å². The molecule has 0 unspecified atom stereocenters. The third kappa shape index (κ3) is 5.69. The first-order valence-corrected chi connectivity index (χ1v) is 10.7. The molecule has 1 heterocycles. The Morgan fingerprint density at radius 1 is 1.03 bits per heavy atom. The van der Waals surface area contributed by atoms with Gasteiger partial charge in [0.2, 0.25) is 11.7 Å². The van der Waals surface area contributed by atoms with Crippen LogP contribution in [0.15, 0.2) is 30.6 Å². The number of aliphatic hydroxyl groups is 1. The topological polar surface area (TPSA) is 61.3 Å². The molecule has 2 N–H and O–H groups in total. The zero-order chi connectivity index (χ0) is 23.9. The summed E-state index contributed by atoms with van der Waals surface area (Å²) < 4.78 is 80.5. The van der Waals surface area contributed by atoms with Gasteiger partial charge in [-0.05, 0) is 43.4 Å². The van der Waals surface area contributed by atoms with E-state index in [9.17, 15) is 27.1 Å². The second-order valence-electron chi connectivity index (χ2n) is 8.85. The van der Waals surface area contributed by atoms with Crippen molar-refractivity contribution in [2.24, 2.45) is 0 Å². The van der Waals surface area contributed by atoms with Gasteiger partial charge in [-0.15, -0.1) is 0 Å². The number of nitrogens with zero attached hydrogens (tertiary/aromatic N) is 3. The standard InChI is InChI=1S/C22H24F6N4O/c23-17-18(29-12-20(33)7-9-21(24,25)10-8-20)30-13-31-19(17)32(16-5-6-16)11-14-1-3-15(4-2-14)22(26,27)28/h1-4,13,16,33H,5-12H2,(H,29,30,31). The van der Waals surface area contributed by atoms with Crippen LogP contribution in [-0.4, -0.2) is 39.2 Å². The minimum absolute atomic E-state index is 0.00272. The summed E-state index contributed by atoms with van der Waals surface area (Å²) >= 11 is 0. The van der Waals surface area contributed by atoms with Crippen LogP contribution in [0.5, 0.6) is 0 Å². The summed E-state index contributed by atoms with van der Waals surface area (Å²) in [5, 5.41) is 13.3. The van der Waals surface area contributed by atoms with Gasteiger partial charge < -0.3 is 15.3 Å². The van der Waals surface area contributed by atoms with Crippen LogP contribution in [0, 0.1) is 5.82 Å². The van der Waals surface area contributed by atoms with Gasteiger partial charge in [-0.2, -0.15) is 17.6 Å². The molecule has 2 fully saturated rings. The predicted octanol–water partition coefficient (Wildman–Crippen LogP) is 5.16. The van der Waals surface area contributed by atoms with Crippen molar-refractivity contribution in [3.05, 3.63) is 47.5 Å². The van der Waals surface area contributed by atoms with E-state index in [0.29, 0.717) is 5.56 Å². The Kier molecular flexibility index (Phi) is 6.19. The van der Waals surface area contributed by atoms with Crippen molar-refractivity contribution < 1.29 is 31.4 Å². The molecule has 5 nitrogen and oxygen atoms in total. The highest BCUT2D eigenvalue weighted by Crippen LogP contribution is 2.39. The summed E-state index contributed by atoms with van der Waals surface area (Å²) in [7, 11) is 0. The molecule has 0 amide bonds. The summed E-state index contributed by atoms with van der Waals surface area (Å²) in [5.74, 6) is -3.73. The summed E-state index contributed by atoms with van der Waals surface area (Å²) in [4.78, 5) is 9.61. The number of aromatic nitrogens is 2. The number of alkyl halides is 5. The lowest BCUT2D eigenvalue weighted by molar-refractivity contribution is -0.137. The molecule has 1 aromatic heterocycles. The molecule has 2 aromatic rings. The minimum atomic E-state index is -4.44. The maximum absolute atomic E-state index is 15.3. The van der Waals surface area contributed by atoms with Crippen molar-refractivity contribution in [3.63, 3.8) is 0 Å². The second kappa shape index (κ2) is 8.66. The maximum atomic E-state index is 15.3. The first-order chi connectivity index (χ1) is 15.5. The van der Waals surface area contributed by atoms with Crippen LogP contribution < -0.4 is 10.2 Å². The molecule has 2 aliphatic rings. The monoisotopic (exact) mass is 474 g/mol. The van der Waals surface area contributed by atoms with Crippen molar-refractivity contribution in [2.45, 2.75) is 68.8 Å². The molecular formula is C22H24F6N4O. The number of rotatable bonds is 7. The van der Waals surface area contributed by atoms with Crippen molar-refractivity contribution in [1.29, 1.82) is 0 Å². The number of halogens is 6. The summed E-state index contributed by atoms with van der Waals surface area (Å²) in [6.07, 6.45) is -2.81. The molecule has 1 aromatic carbocycles. The quantitative estimate of drug-likeness (QED) is 0.544. The second-order valence-corrected chi connectivity index (χ2v) is 8.85. The molecule has 0 saturated heterocycles. The van der Waals surface area contributed by atoms with Crippen molar-refractivity contribution >= 4 is 11.6 Å². The lowest BCUT2D eigenvalue weighted by atomic mass is 9.83. The Morgan fingerprint density at radius 2 is 1.67 bits per heavy atom. The Hall–Kier alpha value is -2.56. The Morgan fingerprint density at radius 3 is 2.24 bits per heavy atom. The fourth-order valence-electron chi connectivity index (χ4n) is 3.95. The van der Waals surface area contributed by atoms with E-state index in [0.717, 1.165) is 31.3 Å². The van der Waals surface area contributed by atoms with E-state index in [2.05, 4.69) is 15.3 Å². The highest BCUT2D eigenvalue weighted by atomic mass is 19.4. The van der Waals surface area contributed by atoms with Gasteiger partial charge in [0.05, 0.1) is 11.2 Å². The highest BCUT2D eigenvalue weighted by molar-refractivity contribution is 5.53. The van der Waals surface area contributed by atoms with Crippen molar-refractivity contribution in [3.8, 4) is 0 Å². The molecule has 2 aliphatic carbocycles. The molecule has 11 heteroatoms. The third-order valence-corrected chi connectivity index (χ3v) is 6.16. The van der Waals surface area contributed by atoms with Crippen LogP contribution in [0.2, 0.25) is 0 Å². The average Bonchev–Trinajstić information content (AvgIpc) is 3.59. The zero-order valence-electron chi connectivity index (χ0n) is 17.7. The fourth-order valence-corrected chi connectivity index (χ4v) is 3.95. The van der Waals surface area contributed by atoms with E-state index in [1.807, 2.05) is 0 Å². The average molecular weight is 474 g/mol. The Balaban J connectivity index is 1.48. The first kappa shape index (κ1) is 23.6. The van der Waals surface area contributed by atoms with Gasteiger partial charge in [0.25, 0.3) is 0 Å². The minimum Gasteiger partial charge on any atom is -0.388 e. The lowest BCUT2D eigenvalue weighted by Crippen LogP contribution is -2.43. The van der Waals surface area contributed by atoms with Gasteiger partial charge in [-0.25, -0.2) is 18.7 Å². The molecule has 0 radical (unpaired) electrons. The van der Waals surface area contributed by atoms with Crippen LogP contribution in [0.25, 0.3) is 0 Å². The van der Waals surface area contributed by atoms with E-state index in [1.165, 1.54) is 12.1 Å². The SMILES string of the molecule is OC1(CNc2ncnc(N(Cc3ccc(C(F)(F)F)cc3)C3CC3)c2F)CCC(F)(F)CC1. The van der Waals surface area contributed by atoms with E-state index >= 15 is 4.39 Å². The van der Waals surface area contributed by atoms with E-state index in [4.69, 9.17) is 0 Å². The zero-order valence-corrected chi connectivity index (χ0v) is 17.7. The van der Waals surface area contributed by atoms with Crippen LogP contribution in [0.4, 0.5) is 38.0 Å². The molecule has 0 spiro atoms. The number of hydrogen-bond donors (Lipinski definition) is 2. The molecule has 0 bridgehead atoms. The van der Waals surface area contributed by atoms with Gasteiger partial charge in [0, 0.05) is 32.0 Å². The summed E-state index contributed by atoms with van der Waals surface area (Å²) in [6, 6.07) is 4.67. The molecule has 4 rings (SSSR count). The number of hydrogen-bond acceptors (Lipinski definition) is 5. The predicted molar refractivity (Wildman–Crippen MR) is 109 cm³/mol. The maximum Gasteiger partial charge on any atom is 0.416 e. The first-order valence-electron chi connectivity index (χ1n) is 10.7. The van der Waals surface area contributed by atoms with Gasteiger partial charge >= 0.3 is 6.18 Å². The van der Waals surface area contributed by atoms with Crippen LogP contribution in [-0.2, 0) is 12.7 Å². The highest BCUT2D eigenvalue weighted by Gasteiger charge is 2.42. The summed E-state index contributed by atoms with van der Waals surface area (Å²) in [5.41, 5.74) is -1.59. The normalized spacial score (nSPS) is 19.8. The smallest absolute Gasteiger partial charge is 0.388 e. The van der Waals surface area contributed by atoms with Gasteiger partial charge in [-0.3, -0.25) is 0 Å². The van der Waals surface area contributed by atoms with Gasteiger partial charge in [0.1, 0.15) is 6.33 Å². The molecule has 0 atom stereocenters. The van der Waals surface area contributed by atoms with Crippen LogP contribution >= 0.6 is 0 Å².